The number of carbonyl (C=O) groups excluding carboxylic acids is 1. The minimum atomic E-state index is -0.378. The summed E-state index contributed by atoms with van der Waals surface area (Å²) in [5, 5.41) is 7.10. The highest BCUT2D eigenvalue weighted by Crippen LogP contribution is 2.20. The largest absolute Gasteiger partial charge is 0.497 e. The van der Waals surface area contributed by atoms with Crippen LogP contribution in [-0.2, 0) is 17.9 Å². The molecule has 10 nitrogen and oxygen atoms in total. The highest BCUT2D eigenvalue weighted by molar-refractivity contribution is 5.75. The van der Waals surface area contributed by atoms with E-state index >= 15 is 0 Å². The van der Waals surface area contributed by atoms with Crippen molar-refractivity contribution in [1.82, 2.24) is 24.6 Å². The van der Waals surface area contributed by atoms with E-state index in [0.717, 1.165) is 22.6 Å². The van der Waals surface area contributed by atoms with Crippen LogP contribution in [0.5, 0.6) is 11.5 Å². The molecule has 0 atom stereocenters. The summed E-state index contributed by atoms with van der Waals surface area (Å²) in [5.41, 5.74) is 2.10. The van der Waals surface area contributed by atoms with Crippen molar-refractivity contribution in [3.8, 4) is 34.0 Å². The fraction of sp³-hybridized carbons (Fsp3) is 0.222. The first-order valence-corrected chi connectivity index (χ1v) is 11.8. The second-order valence-electron chi connectivity index (χ2n) is 8.06. The highest BCUT2D eigenvalue weighted by atomic mass is 16.5. The number of aromatic nitrogens is 4. The molecule has 0 saturated carbocycles. The third-order valence-electron chi connectivity index (χ3n) is 5.55. The second-order valence-corrected chi connectivity index (χ2v) is 8.06. The second kappa shape index (κ2) is 11.8. The fourth-order valence-corrected chi connectivity index (χ4v) is 3.63. The summed E-state index contributed by atoms with van der Waals surface area (Å²) in [6, 6.07) is 19.1. The zero-order valence-electron chi connectivity index (χ0n) is 20.6. The summed E-state index contributed by atoms with van der Waals surface area (Å²) in [5.74, 6) is 1.08. The van der Waals surface area contributed by atoms with E-state index < -0.39 is 0 Å². The first-order chi connectivity index (χ1) is 18.0. The van der Waals surface area contributed by atoms with Crippen LogP contribution in [0, 0.1) is 0 Å². The summed E-state index contributed by atoms with van der Waals surface area (Å²) in [6.07, 6.45) is 1.35. The van der Waals surface area contributed by atoms with Crippen LogP contribution in [0.15, 0.2) is 82.6 Å². The quantitative estimate of drug-likeness (QED) is 0.354. The number of hydrogen-bond acceptors (Lipinski definition) is 7. The average molecular weight is 502 g/mol. The van der Waals surface area contributed by atoms with Crippen LogP contribution in [0.1, 0.15) is 6.92 Å². The van der Waals surface area contributed by atoms with Crippen LogP contribution in [0.25, 0.3) is 22.5 Å². The van der Waals surface area contributed by atoms with Gasteiger partial charge in [-0.1, -0.05) is 0 Å². The van der Waals surface area contributed by atoms with Crippen molar-refractivity contribution in [3.63, 3.8) is 0 Å². The summed E-state index contributed by atoms with van der Waals surface area (Å²) in [4.78, 5) is 41.5. The lowest BCUT2D eigenvalue weighted by Crippen LogP contribution is -2.35. The van der Waals surface area contributed by atoms with Gasteiger partial charge in [-0.15, -0.1) is 0 Å². The lowest BCUT2D eigenvalue weighted by Gasteiger charge is -2.10. The van der Waals surface area contributed by atoms with Crippen molar-refractivity contribution in [2.45, 2.75) is 20.0 Å². The van der Waals surface area contributed by atoms with E-state index in [4.69, 9.17) is 9.47 Å². The molecular formula is C27H27N5O5. The monoisotopic (exact) mass is 501 g/mol. The minimum absolute atomic E-state index is 0.171. The molecule has 0 aliphatic carbocycles. The molecule has 10 heteroatoms. The summed E-state index contributed by atoms with van der Waals surface area (Å²) >= 11 is 0. The molecule has 1 N–H and O–H groups in total. The average Bonchev–Trinajstić information content (AvgIpc) is 2.91. The van der Waals surface area contributed by atoms with E-state index in [-0.39, 0.29) is 36.7 Å². The Hall–Kier alpha value is -4.73. The SMILES string of the molecule is CCOc1ccc(-c2cc(=O)n(CC(=O)NCCn3nc(-c4ccc(OC)cc4)ccc3=O)cn2)cc1. The number of rotatable bonds is 10. The van der Waals surface area contributed by atoms with Crippen molar-refractivity contribution in [1.29, 1.82) is 0 Å². The maximum Gasteiger partial charge on any atom is 0.266 e. The molecule has 37 heavy (non-hydrogen) atoms. The fourth-order valence-electron chi connectivity index (χ4n) is 3.63. The smallest absolute Gasteiger partial charge is 0.266 e. The van der Waals surface area contributed by atoms with Gasteiger partial charge in [0.05, 0.1) is 38.0 Å². The summed E-state index contributed by atoms with van der Waals surface area (Å²) in [6.45, 7) is 2.63. The molecule has 0 aliphatic rings. The Morgan fingerprint density at radius 1 is 0.892 bits per heavy atom. The Balaban J connectivity index is 1.34. The number of methoxy groups -OCH3 is 1. The van der Waals surface area contributed by atoms with Crippen molar-refractivity contribution in [3.05, 3.63) is 93.8 Å². The van der Waals surface area contributed by atoms with Gasteiger partial charge in [-0.25, -0.2) is 9.67 Å². The lowest BCUT2D eigenvalue weighted by molar-refractivity contribution is -0.121. The standard InChI is InChI=1S/C27H27N5O5/c1-3-37-22-10-6-20(7-11-22)24-16-27(35)31(18-29-24)17-25(33)28-14-15-32-26(34)13-12-23(30-32)19-4-8-21(36-2)9-5-19/h4-13,16,18H,3,14-15,17H2,1-2H3,(H,28,33). The number of amides is 1. The molecule has 2 aromatic carbocycles. The number of carbonyl (C=O) groups is 1. The maximum absolute atomic E-state index is 12.5. The Morgan fingerprint density at radius 3 is 2.22 bits per heavy atom. The molecule has 2 heterocycles. The third-order valence-corrected chi connectivity index (χ3v) is 5.55. The molecule has 4 rings (SSSR count). The first kappa shape index (κ1) is 25.4. The first-order valence-electron chi connectivity index (χ1n) is 11.8. The van der Waals surface area contributed by atoms with Crippen LogP contribution in [0.3, 0.4) is 0 Å². The van der Waals surface area contributed by atoms with Crippen molar-refractivity contribution < 1.29 is 14.3 Å². The Kier molecular flexibility index (Phi) is 8.09. The molecule has 0 radical (unpaired) electrons. The van der Waals surface area contributed by atoms with Gasteiger partial charge in [-0.3, -0.25) is 19.0 Å². The number of nitrogens with one attached hydrogen (secondary N) is 1. The summed E-state index contributed by atoms with van der Waals surface area (Å²) in [7, 11) is 1.59. The van der Waals surface area contributed by atoms with Gasteiger partial charge >= 0.3 is 0 Å². The zero-order chi connectivity index (χ0) is 26.2. The van der Waals surface area contributed by atoms with Gasteiger partial charge in [0.2, 0.25) is 5.91 Å². The van der Waals surface area contributed by atoms with Gasteiger partial charge < -0.3 is 14.8 Å². The predicted molar refractivity (Wildman–Crippen MR) is 139 cm³/mol. The maximum atomic E-state index is 12.5. The predicted octanol–water partition coefficient (Wildman–Crippen LogP) is 2.36. The molecule has 0 fully saturated rings. The third kappa shape index (κ3) is 6.49. The van der Waals surface area contributed by atoms with Crippen LogP contribution in [-0.4, -0.2) is 45.5 Å². The molecule has 0 aliphatic heterocycles. The van der Waals surface area contributed by atoms with E-state index in [1.165, 1.54) is 27.7 Å². The normalized spacial score (nSPS) is 10.6. The van der Waals surface area contributed by atoms with Gasteiger partial charge in [-0.05, 0) is 61.5 Å². The number of hydrogen-bond donors (Lipinski definition) is 1. The number of nitrogens with zero attached hydrogens (tertiary/aromatic N) is 4. The zero-order valence-corrected chi connectivity index (χ0v) is 20.6. The van der Waals surface area contributed by atoms with Gasteiger partial charge in [0.15, 0.2) is 0 Å². The Labute approximate surface area is 213 Å². The van der Waals surface area contributed by atoms with Crippen molar-refractivity contribution >= 4 is 5.91 Å². The number of benzene rings is 2. The van der Waals surface area contributed by atoms with Crippen molar-refractivity contribution in [2.24, 2.45) is 0 Å². The van der Waals surface area contributed by atoms with E-state index in [9.17, 15) is 14.4 Å². The van der Waals surface area contributed by atoms with Crippen LogP contribution < -0.4 is 25.9 Å². The van der Waals surface area contributed by atoms with E-state index in [0.29, 0.717) is 18.0 Å². The topological polar surface area (TPSA) is 117 Å². The van der Waals surface area contributed by atoms with Gasteiger partial charge in [0, 0.05) is 29.8 Å². The van der Waals surface area contributed by atoms with Crippen LogP contribution >= 0.6 is 0 Å². The lowest BCUT2D eigenvalue weighted by atomic mass is 10.1. The van der Waals surface area contributed by atoms with E-state index in [2.05, 4.69) is 15.4 Å². The number of ether oxygens (including phenoxy) is 2. The van der Waals surface area contributed by atoms with Gasteiger partial charge in [0.25, 0.3) is 11.1 Å². The molecule has 4 aromatic rings. The molecule has 0 saturated heterocycles. The van der Waals surface area contributed by atoms with Crippen molar-refractivity contribution in [2.75, 3.05) is 20.3 Å². The summed E-state index contributed by atoms with van der Waals surface area (Å²) < 4.78 is 13.1. The van der Waals surface area contributed by atoms with E-state index in [1.54, 1.807) is 13.2 Å². The van der Waals surface area contributed by atoms with Gasteiger partial charge in [0.1, 0.15) is 18.0 Å². The molecule has 1 amide bonds. The Bertz CT molecular complexity index is 1480. The molecular weight excluding hydrogens is 474 g/mol. The van der Waals surface area contributed by atoms with Crippen LogP contribution in [0.2, 0.25) is 0 Å². The molecule has 2 aromatic heterocycles. The van der Waals surface area contributed by atoms with E-state index in [1.807, 2.05) is 55.5 Å². The van der Waals surface area contributed by atoms with Crippen LogP contribution in [0.4, 0.5) is 0 Å². The highest BCUT2D eigenvalue weighted by Gasteiger charge is 2.09. The van der Waals surface area contributed by atoms with Gasteiger partial charge in [-0.2, -0.15) is 5.10 Å². The molecule has 190 valence electrons. The Morgan fingerprint density at radius 2 is 1.57 bits per heavy atom. The molecule has 0 unspecified atom stereocenters. The minimum Gasteiger partial charge on any atom is -0.497 e. The molecule has 0 bridgehead atoms. The molecule has 0 spiro atoms.